The Labute approximate surface area is 247 Å². The highest BCUT2D eigenvalue weighted by molar-refractivity contribution is 6.31. The van der Waals surface area contributed by atoms with Gasteiger partial charge in [-0.3, -0.25) is 9.79 Å². The molecule has 1 aromatic heterocycles. The summed E-state index contributed by atoms with van der Waals surface area (Å²) in [5.74, 6) is 1.11. The van der Waals surface area contributed by atoms with E-state index < -0.39 is 0 Å². The molecule has 2 atom stereocenters. The standard InChI is InChI=1S/C29H35ClN6O.2ClH/c30-20-16-17-23-22(18-20)27(36-28(34-23)29(37)32-21-12-6-1-2-7-13-21)35-25-15-9-8-14-24(25)33-26(31)19-10-4-3-5-11-19;;/h3-5,10-11,16-18,21,24-25H,1-2,6-9,12-15H2,(H2,31,33)(H,32,37)(H,34,35,36);2*1H/t24-,25+;;/m1../s1. The molecule has 0 radical (unpaired) electrons. The number of hydrogen-bond donors (Lipinski definition) is 3. The van der Waals surface area contributed by atoms with Gasteiger partial charge in [-0.05, 0) is 43.9 Å². The number of aliphatic imine (C=N–C) groups is 1. The van der Waals surface area contributed by atoms with Crippen LogP contribution in [0.3, 0.4) is 0 Å². The van der Waals surface area contributed by atoms with Crippen LogP contribution in [0, 0.1) is 0 Å². The van der Waals surface area contributed by atoms with Crippen LogP contribution >= 0.6 is 36.4 Å². The summed E-state index contributed by atoms with van der Waals surface area (Å²) in [6, 6.07) is 15.5. The Hall–Kier alpha value is -2.61. The number of hydrogen-bond acceptors (Lipinski definition) is 5. The van der Waals surface area contributed by atoms with Crippen LogP contribution in [0.15, 0.2) is 53.5 Å². The first-order valence-electron chi connectivity index (χ1n) is 13.5. The summed E-state index contributed by atoms with van der Waals surface area (Å²) in [7, 11) is 0. The van der Waals surface area contributed by atoms with Crippen LogP contribution in [0.2, 0.25) is 5.02 Å². The van der Waals surface area contributed by atoms with Crippen molar-refractivity contribution in [1.82, 2.24) is 15.3 Å². The molecule has 39 heavy (non-hydrogen) atoms. The van der Waals surface area contributed by atoms with E-state index in [0.717, 1.165) is 62.3 Å². The number of anilines is 1. The van der Waals surface area contributed by atoms with Crippen LogP contribution in [-0.4, -0.2) is 39.8 Å². The van der Waals surface area contributed by atoms with Gasteiger partial charge in [-0.2, -0.15) is 0 Å². The van der Waals surface area contributed by atoms with Gasteiger partial charge in [0, 0.05) is 28.1 Å². The van der Waals surface area contributed by atoms with Crippen LogP contribution in [0.1, 0.15) is 80.4 Å². The first-order valence-corrected chi connectivity index (χ1v) is 13.9. The highest BCUT2D eigenvalue weighted by Gasteiger charge is 2.27. The van der Waals surface area contributed by atoms with Crippen LogP contribution in [0.5, 0.6) is 0 Å². The average molecular weight is 592 g/mol. The summed E-state index contributed by atoms with van der Waals surface area (Å²) in [6.45, 7) is 0. The van der Waals surface area contributed by atoms with Gasteiger partial charge in [-0.25, -0.2) is 9.97 Å². The van der Waals surface area contributed by atoms with E-state index in [9.17, 15) is 4.79 Å². The van der Waals surface area contributed by atoms with Crippen molar-refractivity contribution in [3.05, 3.63) is 64.9 Å². The van der Waals surface area contributed by atoms with E-state index in [-0.39, 0.29) is 54.7 Å². The fourth-order valence-corrected chi connectivity index (χ4v) is 5.63. The van der Waals surface area contributed by atoms with E-state index in [4.69, 9.17) is 27.3 Å². The number of aromatic nitrogens is 2. The molecule has 2 saturated carbocycles. The molecule has 0 saturated heterocycles. The molecule has 210 valence electrons. The largest absolute Gasteiger partial charge is 0.383 e. The van der Waals surface area contributed by atoms with Crippen molar-refractivity contribution in [3.63, 3.8) is 0 Å². The molecular weight excluding hydrogens is 555 g/mol. The molecule has 4 N–H and O–H groups in total. The lowest BCUT2D eigenvalue weighted by atomic mass is 9.90. The molecule has 0 aliphatic heterocycles. The molecule has 0 unspecified atom stereocenters. The molecule has 0 spiro atoms. The Morgan fingerprint density at radius 3 is 2.33 bits per heavy atom. The maximum absolute atomic E-state index is 13.2. The van der Waals surface area contributed by atoms with Crippen molar-refractivity contribution in [2.75, 3.05) is 5.32 Å². The third-order valence-electron chi connectivity index (χ3n) is 7.48. The molecule has 2 fully saturated rings. The van der Waals surface area contributed by atoms with Gasteiger partial charge in [0.2, 0.25) is 5.82 Å². The second-order valence-corrected chi connectivity index (χ2v) is 10.6. The van der Waals surface area contributed by atoms with Gasteiger partial charge in [0.25, 0.3) is 5.91 Å². The minimum absolute atomic E-state index is 0. The molecule has 2 aliphatic rings. The molecule has 1 amide bonds. The Morgan fingerprint density at radius 2 is 1.59 bits per heavy atom. The van der Waals surface area contributed by atoms with Gasteiger partial charge in [0.15, 0.2) is 0 Å². The second kappa shape index (κ2) is 14.7. The summed E-state index contributed by atoms with van der Waals surface area (Å²) < 4.78 is 0. The summed E-state index contributed by atoms with van der Waals surface area (Å²) in [6.07, 6.45) is 10.8. The number of halogens is 3. The molecule has 3 aromatic rings. The van der Waals surface area contributed by atoms with Crippen LogP contribution in [0.25, 0.3) is 10.9 Å². The molecule has 2 aromatic carbocycles. The minimum Gasteiger partial charge on any atom is -0.383 e. The summed E-state index contributed by atoms with van der Waals surface area (Å²) in [5, 5.41) is 8.19. The zero-order chi connectivity index (χ0) is 25.6. The van der Waals surface area contributed by atoms with Crippen molar-refractivity contribution < 1.29 is 4.79 Å². The second-order valence-electron chi connectivity index (χ2n) is 10.2. The van der Waals surface area contributed by atoms with Crippen LogP contribution < -0.4 is 16.4 Å². The van der Waals surface area contributed by atoms with E-state index in [1.165, 1.54) is 12.8 Å². The average Bonchev–Trinajstić information content (AvgIpc) is 3.19. The van der Waals surface area contributed by atoms with Crippen molar-refractivity contribution in [1.29, 1.82) is 0 Å². The van der Waals surface area contributed by atoms with E-state index >= 15 is 0 Å². The Morgan fingerprint density at radius 1 is 0.897 bits per heavy atom. The lowest BCUT2D eigenvalue weighted by molar-refractivity contribution is 0.0923. The van der Waals surface area contributed by atoms with Crippen molar-refractivity contribution in [3.8, 4) is 0 Å². The maximum atomic E-state index is 13.2. The zero-order valence-electron chi connectivity index (χ0n) is 21.9. The monoisotopic (exact) mass is 590 g/mol. The number of amidine groups is 1. The first-order chi connectivity index (χ1) is 18.1. The SMILES string of the molecule is Cl.Cl.NC(=N[C@@H]1CCCC[C@@H]1Nc1nc(C(=O)NC2CCCCCC2)nc2ccc(Cl)cc12)c1ccccc1. The molecule has 7 nitrogen and oxygen atoms in total. The summed E-state index contributed by atoms with van der Waals surface area (Å²) >= 11 is 6.34. The summed E-state index contributed by atoms with van der Waals surface area (Å²) in [4.78, 5) is 27.4. The van der Waals surface area contributed by atoms with E-state index in [1.54, 1.807) is 6.07 Å². The molecule has 10 heteroatoms. The highest BCUT2D eigenvalue weighted by Crippen LogP contribution is 2.29. The van der Waals surface area contributed by atoms with Gasteiger partial charge in [-0.1, -0.05) is 80.5 Å². The Bertz CT molecular complexity index is 1260. The molecule has 2 aliphatic carbocycles. The highest BCUT2D eigenvalue weighted by atomic mass is 35.5. The van der Waals surface area contributed by atoms with Gasteiger partial charge in [-0.15, -0.1) is 24.8 Å². The number of carbonyl (C=O) groups excluding carboxylic acids is 1. The smallest absolute Gasteiger partial charge is 0.289 e. The van der Waals surface area contributed by atoms with E-state index in [0.29, 0.717) is 22.2 Å². The Kier molecular flexibility index (Phi) is 11.6. The van der Waals surface area contributed by atoms with Gasteiger partial charge >= 0.3 is 0 Å². The number of fused-ring (bicyclic) bond motifs is 1. The zero-order valence-corrected chi connectivity index (χ0v) is 24.3. The fraction of sp³-hybridized carbons (Fsp3) is 0.448. The Balaban J connectivity index is 0.00000210. The number of rotatable bonds is 6. The number of benzene rings is 2. The van der Waals surface area contributed by atoms with Gasteiger partial charge in [0.1, 0.15) is 11.7 Å². The molecule has 0 bridgehead atoms. The maximum Gasteiger partial charge on any atom is 0.289 e. The van der Waals surface area contributed by atoms with Crippen LogP contribution in [0.4, 0.5) is 5.82 Å². The number of nitrogens with two attached hydrogens (primary N) is 1. The quantitative estimate of drug-likeness (QED) is 0.168. The third-order valence-corrected chi connectivity index (χ3v) is 7.71. The number of carbonyl (C=O) groups is 1. The fourth-order valence-electron chi connectivity index (χ4n) is 5.46. The lowest BCUT2D eigenvalue weighted by Crippen LogP contribution is -2.38. The predicted molar refractivity (Wildman–Crippen MR) is 165 cm³/mol. The van der Waals surface area contributed by atoms with Crippen molar-refractivity contribution in [2.24, 2.45) is 10.7 Å². The number of nitrogens with one attached hydrogen (secondary N) is 2. The normalized spacial score (nSPS) is 20.3. The third kappa shape index (κ3) is 7.96. The van der Waals surface area contributed by atoms with E-state index in [2.05, 4.69) is 15.6 Å². The molecule has 5 rings (SSSR count). The molecular formula is C29H37Cl3N6O. The summed E-state index contributed by atoms with van der Waals surface area (Å²) in [5.41, 5.74) is 7.99. The van der Waals surface area contributed by atoms with Crippen molar-refractivity contribution >= 4 is 64.9 Å². The van der Waals surface area contributed by atoms with E-state index in [1.807, 2.05) is 42.5 Å². The van der Waals surface area contributed by atoms with Crippen molar-refractivity contribution in [2.45, 2.75) is 82.3 Å². The van der Waals surface area contributed by atoms with Gasteiger partial charge in [0.05, 0.1) is 11.6 Å². The predicted octanol–water partition coefficient (Wildman–Crippen LogP) is 6.71. The lowest BCUT2D eigenvalue weighted by Gasteiger charge is -2.30. The van der Waals surface area contributed by atoms with Crippen LogP contribution in [-0.2, 0) is 0 Å². The molecule has 1 heterocycles. The topological polar surface area (TPSA) is 105 Å². The minimum atomic E-state index is -0.224. The number of nitrogens with zero attached hydrogens (tertiary/aromatic N) is 3. The van der Waals surface area contributed by atoms with Gasteiger partial charge < -0.3 is 16.4 Å². The first kappa shape index (κ1) is 30.9. The number of amides is 1.